The van der Waals surface area contributed by atoms with E-state index in [9.17, 15) is 0 Å². The standard InChI is InChI=1S/C15H25N3/c1-4-10-18-14(16)13(17-15(18)11(2)3)12-8-6-5-7-9-12/h4,11-12H,1,5-10,16H2,2-3H3. The van der Waals surface area contributed by atoms with Crippen molar-refractivity contribution in [2.75, 3.05) is 5.73 Å². The van der Waals surface area contributed by atoms with E-state index in [4.69, 9.17) is 10.7 Å². The number of nitrogens with zero attached hydrogens (tertiary/aromatic N) is 2. The zero-order valence-electron chi connectivity index (χ0n) is 11.7. The highest BCUT2D eigenvalue weighted by Gasteiger charge is 2.24. The first-order valence-corrected chi connectivity index (χ1v) is 7.11. The van der Waals surface area contributed by atoms with Crippen LogP contribution in [0.5, 0.6) is 0 Å². The van der Waals surface area contributed by atoms with Crippen molar-refractivity contribution in [1.82, 2.24) is 9.55 Å². The number of hydrogen-bond acceptors (Lipinski definition) is 2. The van der Waals surface area contributed by atoms with Crippen LogP contribution >= 0.6 is 0 Å². The van der Waals surface area contributed by atoms with Crippen molar-refractivity contribution in [1.29, 1.82) is 0 Å². The Morgan fingerprint density at radius 3 is 2.61 bits per heavy atom. The molecule has 18 heavy (non-hydrogen) atoms. The lowest BCUT2D eigenvalue weighted by molar-refractivity contribution is 0.438. The zero-order valence-corrected chi connectivity index (χ0v) is 11.7. The number of anilines is 1. The van der Waals surface area contributed by atoms with E-state index in [1.165, 1.54) is 32.1 Å². The summed E-state index contributed by atoms with van der Waals surface area (Å²) in [4.78, 5) is 4.84. The van der Waals surface area contributed by atoms with Gasteiger partial charge in [-0.2, -0.15) is 0 Å². The van der Waals surface area contributed by atoms with Crippen LogP contribution in [0.15, 0.2) is 12.7 Å². The highest BCUT2D eigenvalue weighted by atomic mass is 15.1. The molecule has 3 heteroatoms. The summed E-state index contributed by atoms with van der Waals surface area (Å²) in [7, 11) is 0. The van der Waals surface area contributed by atoms with E-state index in [0.29, 0.717) is 11.8 Å². The molecule has 2 N–H and O–H groups in total. The van der Waals surface area contributed by atoms with E-state index < -0.39 is 0 Å². The van der Waals surface area contributed by atoms with Gasteiger partial charge in [-0.05, 0) is 12.8 Å². The fraction of sp³-hybridized carbons (Fsp3) is 0.667. The summed E-state index contributed by atoms with van der Waals surface area (Å²) >= 11 is 0. The van der Waals surface area contributed by atoms with Gasteiger partial charge < -0.3 is 10.3 Å². The maximum absolute atomic E-state index is 6.31. The fourth-order valence-electron chi connectivity index (χ4n) is 2.94. The number of rotatable bonds is 4. The Hall–Kier alpha value is -1.25. The van der Waals surface area contributed by atoms with Crippen molar-refractivity contribution in [3.05, 3.63) is 24.2 Å². The molecule has 1 aromatic heterocycles. The molecule has 0 bridgehead atoms. The van der Waals surface area contributed by atoms with Crippen LogP contribution in [-0.2, 0) is 6.54 Å². The highest BCUT2D eigenvalue weighted by molar-refractivity contribution is 5.41. The van der Waals surface area contributed by atoms with Crippen LogP contribution in [0.1, 0.15) is 69.3 Å². The number of imidazole rings is 1. The number of aromatic nitrogens is 2. The number of hydrogen-bond donors (Lipinski definition) is 1. The number of nitrogens with two attached hydrogens (primary N) is 1. The number of allylic oxidation sites excluding steroid dienone is 1. The third-order valence-electron chi connectivity index (χ3n) is 3.88. The van der Waals surface area contributed by atoms with Gasteiger partial charge in [0, 0.05) is 18.4 Å². The smallest absolute Gasteiger partial charge is 0.127 e. The summed E-state index contributed by atoms with van der Waals surface area (Å²) in [5, 5.41) is 0. The molecule has 0 unspecified atom stereocenters. The van der Waals surface area contributed by atoms with Gasteiger partial charge in [0.25, 0.3) is 0 Å². The monoisotopic (exact) mass is 247 g/mol. The second-order valence-electron chi connectivity index (χ2n) is 5.63. The lowest BCUT2D eigenvalue weighted by Gasteiger charge is -2.20. The van der Waals surface area contributed by atoms with E-state index in [-0.39, 0.29) is 0 Å². The third kappa shape index (κ3) is 2.45. The second kappa shape index (κ2) is 5.59. The Balaban J connectivity index is 2.35. The Morgan fingerprint density at radius 2 is 2.06 bits per heavy atom. The molecular formula is C15H25N3. The van der Waals surface area contributed by atoms with E-state index in [1.54, 1.807) is 0 Å². The maximum atomic E-state index is 6.31. The molecule has 0 aromatic carbocycles. The molecule has 3 nitrogen and oxygen atoms in total. The molecule has 100 valence electrons. The maximum Gasteiger partial charge on any atom is 0.127 e. The molecule has 0 amide bonds. The zero-order chi connectivity index (χ0) is 13.1. The van der Waals surface area contributed by atoms with Crippen molar-refractivity contribution in [3.8, 4) is 0 Å². The summed E-state index contributed by atoms with van der Waals surface area (Å²) in [6.45, 7) is 8.92. The quantitative estimate of drug-likeness (QED) is 0.822. The first-order chi connectivity index (χ1) is 8.65. The summed E-state index contributed by atoms with van der Waals surface area (Å²) in [6, 6.07) is 0. The molecule has 1 aromatic rings. The topological polar surface area (TPSA) is 43.8 Å². The van der Waals surface area contributed by atoms with Gasteiger partial charge in [-0.15, -0.1) is 6.58 Å². The molecule has 0 spiro atoms. The average molecular weight is 247 g/mol. The van der Waals surface area contributed by atoms with Crippen molar-refractivity contribution in [3.63, 3.8) is 0 Å². The van der Waals surface area contributed by atoms with Gasteiger partial charge in [-0.1, -0.05) is 39.2 Å². The van der Waals surface area contributed by atoms with E-state index in [0.717, 1.165) is 23.9 Å². The lowest BCUT2D eigenvalue weighted by Crippen LogP contribution is -2.09. The molecule has 1 heterocycles. The van der Waals surface area contributed by atoms with Crippen LogP contribution in [0.4, 0.5) is 5.82 Å². The minimum atomic E-state index is 0.407. The average Bonchev–Trinajstić information content (AvgIpc) is 2.69. The SMILES string of the molecule is C=CCn1c(C(C)C)nc(C2CCCCC2)c1N. The van der Waals surface area contributed by atoms with Crippen LogP contribution in [-0.4, -0.2) is 9.55 Å². The van der Waals surface area contributed by atoms with Crippen molar-refractivity contribution in [2.45, 2.75) is 64.3 Å². The molecule has 0 aliphatic heterocycles. The molecule has 1 fully saturated rings. The van der Waals surface area contributed by atoms with E-state index in [2.05, 4.69) is 25.0 Å². The summed E-state index contributed by atoms with van der Waals surface area (Å²) < 4.78 is 2.13. The first-order valence-electron chi connectivity index (χ1n) is 7.11. The minimum absolute atomic E-state index is 0.407. The number of nitrogen functional groups attached to an aromatic ring is 1. The summed E-state index contributed by atoms with van der Waals surface area (Å²) in [6.07, 6.45) is 8.37. The minimum Gasteiger partial charge on any atom is -0.384 e. The van der Waals surface area contributed by atoms with Crippen LogP contribution in [0, 0.1) is 0 Å². The summed E-state index contributed by atoms with van der Waals surface area (Å²) in [5.41, 5.74) is 7.45. The van der Waals surface area contributed by atoms with Crippen molar-refractivity contribution >= 4 is 5.82 Å². The molecule has 1 saturated carbocycles. The first kappa shape index (κ1) is 13.2. The van der Waals surface area contributed by atoms with Gasteiger partial charge in [0.05, 0.1) is 5.69 Å². The van der Waals surface area contributed by atoms with Gasteiger partial charge in [0.2, 0.25) is 0 Å². The van der Waals surface area contributed by atoms with Crippen molar-refractivity contribution in [2.24, 2.45) is 0 Å². The second-order valence-corrected chi connectivity index (χ2v) is 5.63. The van der Waals surface area contributed by atoms with Gasteiger partial charge >= 0.3 is 0 Å². The van der Waals surface area contributed by atoms with Crippen LogP contribution < -0.4 is 5.73 Å². The molecule has 0 radical (unpaired) electrons. The Bertz CT molecular complexity index is 412. The molecule has 0 saturated heterocycles. The van der Waals surface area contributed by atoms with Gasteiger partial charge in [0.1, 0.15) is 11.6 Å². The molecule has 1 aliphatic rings. The molecule has 1 aliphatic carbocycles. The molecular weight excluding hydrogens is 222 g/mol. The van der Waals surface area contributed by atoms with Gasteiger partial charge in [-0.25, -0.2) is 4.98 Å². The van der Waals surface area contributed by atoms with E-state index >= 15 is 0 Å². The Labute approximate surface area is 110 Å². The van der Waals surface area contributed by atoms with Gasteiger partial charge in [0.15, 0.2) is 0 Å². The van der Waals surface area contributed by atoms with Gasteiger partial charge in [-0.3, -0.25) is 0 Å². The normalized spacial score (nSPS) is 17.3. The van der Waals surface area contributed by atoms with E-state index in [1.807, 2.05) is 6.08 Å². The van der Waals surface area contributed by atoms with Crippen LogP contribution in [0.3, 0.4) is 0 Å². The third-order valence-corrected chi connectivity index (χ3v) is 3.88. The predicted octanol–water partition coefficient (Wildman–Crippen LogP) is 3.82. The molecule has 0 atom stereocenters. The molecule has 2 rings (SSSR count). The van der Waals surface area contributed by atoms with Crippen LogP contribution in [0.2, 0.25) is 0 Å². The fourth-order valence-corrected chi connectivity index (χ4v) is 2.94. The van der Waals surface area contributed by atoms with Crippen molar-refractivity contribution < 1.29 is 0 Å². The predicted molar refractivity (Wildman–Crippen MR) is 76.8 cm³/mol. The van der Waals surface area contributed by atoms with Crippen LogP contribution in [0.25, 0.3) is 0 Å². The Morgan fingerprint density at radius 1 is 1.39 bits per heavy atom. The summed E-state index contributed by atoms with van der Waals surface area (Å²) in [5.74, 6) is 2.95. The Kier molecular flexibility index (Phi) is 4.10. The largest absolute Gasteiger partial charge is 0.384 e. The lowest BCUT2D eigenvalue weighted by atomic mass is 9.87. The highest BCUT2D eigenvalue weighted by Crippen LogP contribution is 2.36.